The quantitative estimate of drug-likeness (QED) is 0.792. The van der Waals surface area contributed by atoms with Gasteiger partial charge in [0.25, 0.3) is 11.8 Å². The van der Waals surface area contributed by atoms with Crippen molar-refractivity contribution < 1.29 is 14.4 Å². The lowest BCUT2D eigenvalue weighted by Gasteiger charge is -2.35. The molecule has 3 rings (SSSR count). The number of amides is 3. The first kappa shape index (κ1) is 21.0. The molecule has 6 nitrogen and oxygen atoms in total. The second-order valence-corrected chi connectivity index (χ2v) is 8.38. The van der Waals surface area contributed by atoms with E-state index in [1.54, 1.807) is 15.9 Å². The minimum atomic E-state index is -0.147. The molecule has 0 spiro atoms. The fourth-order valence-corrected chi connectivity index (χ4v) is 3.93. The Morgan fingerprint density at radius 1 is 1.00 bits per heavy atom. The molecule has 3 amide bonds. The summed E-state index contributed by atoms with van der Waals surface area (Å²) >= 11 is 1.38. The Morgan fingerprint density at radius 2 is 1.66 bits per heavy atom. The van der Waals surface area contributed by atoms with E-state index in [0.717, 1.165) is 0 Å². The first-order valence-electron chi connectivity index (χ1n) is 9.94. The molecule has 1 N–H and O–H groups in total. The Hall–Kier alpha value is -2.67. The van der Waals surface area contributed by atoms with Crippen LogP contribution in [0.1, 0.15) is 51.8 Å². The standard InChI is InChI=1S/C22H27N3O3S/c1-16(2)17-5-7-18(8-6-17)22(28)25-13-11-24(12-14-25)20(26)9-10-23-21(27)19-4-3-15-29-19/h3-8,15-16H,9-14H2,1-2H3,(H,23,27). The molecular weight excluding hydrogens is 386 g/mol. The second-order valence-electron chi connectivity index (χ2n) is 7.43. The van der Waals surface area contributed by atoms with Crippen LogP contribution in [0.2, 0.25) is 0 Å². The molecule has 0 radical (unpaired) electrons. The van der Waals surface area contributed by atoms with Crippen LogP contribution >= 0.6 is 11.3 Å². The van der Waals surface area contributed by atoms with E-state index in [9.17, 15) is 14.4 Å². The van der Waals surface area contributed by atoms with E-state index in [4.69, 9.17) is 0 Å². The average Bonchev–Trinajstić information content (AvgIpc) is 3.28. The van der Waals surface area contributed by atoms with Gasteiger partial charge in [-0.1, -0.05) is 32.0 Å². The van der Waals surface area contributed by atoms with Gasteiger partial charge in [0.2, 0.25) is 5.91 Å². The molecule has 1 aromatic carbocycles. The summed E-state index contributed by atoms with van der Waals surface area (Å²) in [6, 6.07) is 11.3. The normalized spacial score (nSPS) is 14.2. The summed E-state index contributed by atoms with van der Waals surface area (Å²) in [5.74, 6) is 0.302. The Kier molecular flexibility index (Phi) is 7.04. The van der Waals surface area contributed by atoms with Gasteiger partial charge in [-0.25, -0.2) is 0 Å². The maximum absolute atomic E-state index is 12.7. The van der Waals surface area contributed by atoms with Crippen molar-refractivity contribution in [2.75, 3.05) is 32.7 Å². The fraction of sp³-hybridized carbons (Fsp3) is 0.409. The molecular formula is C22H27N3O3S. The first-order chi connectivity index (χ1) is 14.0. The molecule has 0 saturated carbocycles. The number of nitrogens with one attached hydrogen (secondary N) is 1. The summed E-state index contributed by atoms with van der Waals surface area (Å²) in [5.41, 5.74) is 1.90. The first-order valence-corrected chi connectivity index (χ1v) is 10.8. The fourth-order valence-electron chi connectivity index (χ4n) is 3.29. The Labute approximate surface area is 175 Å². The van der Waals surface area contributed by atoms with Crippen LogP contribution in [0.3, 0.4) is 0 Å². The summed E-state index contributed by atoms with van der Waals surface area (Å²) in [5, 5.41) is 4.62. The van der Waals surface area contributed by atoms with E-state index in [0.29, 0.717) is 49.1 Å². The molecule has 154 valence electrons. The number of piperazine rings is 1. The van der Waals surface area contributed by atoms with Crippen molar-refractivity contribution >= 4 is 29.1 Å². The van der Waals surface area contributed by atoms with Crippen molar-refractivity contribution in [3.8, 4) is 0 Å². The highest BCUT2D eigenvalue weighted by Gasteiger charge is 2.24. The zero-order valence-electron chi connectivity index (χ0n) is 16.9. The summed E-state index contributed by atoms with van der Waals surface area (Å²) in [4.78, 5) is 41.2. The number of rotatable bonds is 6. The molecule has 7 heteroatoms. The van der Waals surface area contributed by atoms with Gasteiger partial charge < -0.3 is 15.1 Å². The van der Waals surface area contributed by atoms with Gasteiger partial charge in [-0.2, -0.15) is 0 Å². The molecule has 1 aliphatic heterocycles. The SMILES string of the molecule is CC(C)c1ccc(C(=O)N2CCN(C(=O)CCNC(=O)c3cccs3)CC2)cc1. The third-order valence-corrected chi connectivity index (χ3v) is 5.98. The Morgan fingerprint density at radius 3 is 2.24 bits per heavy atom. The number of carbonyl (C=O) groups excluding carboxylic acids is 3. The van der Waals surface area contributed by atoms with E-state index in [2.05, 4.69) is 19.2 Å². The lowest BCUT2D eigenvalue weighted by Crippen LogP contribution is -2.51. The van der Waals surface area contributed by atoms with Gasteiger partial charge in [0.1, 0.15) is 0 Å². The van der Waals surface area contributed by atoms with Gasteiger partial charge in [-0.05, 0) is 35.1 Å². The Balaban J connectivity index is 1.42. The molecule has 1 aromatic heterocycles. The van der Waals surface area contributed by atoms with Gasteiger partial charge in [-0.3, -0.25) is 14.4 Å². The smallest absolute Gasteiger partial charge is 0.261 e. The van der Waals surface area contributed by atoms with Crippen LogP contribution in [-0.2, 0) is 4.79 Å². The third-order valence-electron chi connectivity index (χ3n) is 5.11. The van der Waals surface area contributed by atoms with E-state index >= 15 is 0 Å². The van der Waals surface area contributed by atoms with Gasteiger partial charge in [0, 0.05) is 44.7 Å². The highest BCUT2D eigenvalue weighted by atomic mass is 32.1. The largest absolute Gasteiger partial charge is 0.351 e. The van der Waals surface area contributed by atoms with E-state index in [1.165, 1.54) is 16.9 Å². The molecule has 1 aliphatic rings. The van der Waals surface area contributed by atoms with Crippen molar-refractivity contribution in [1.82, 2.24) is 15.1 Å². The van der Waals surface area contributed by atoms with Crippen LogP contribution in [0.5, 0.6) is 0 Å². The maximum atomic E-state index is 12.7. The van der Waals surface area contributed by atoms with Crippen LogP contribution in [0.4, 0.5) is 0 Å². The minimum absolute atomic E-state index is 0.00450. The summed E-state index contributed by atoms with van der Waals surface area (Å²) in [7, 11) is 0. The molecule has 0 unspecified atom stereocenters. The van der Waals surface area contributed by atoms with Crippen molar-refractivity contribution in [3.05, 3.63) is 57.8 Å². The van der Waals surface area contributed by atoms with Crippen molar-refractivity contribution in [1.29, 1.82) is 0 Å². The van der Waals surface area contributed by atoms with E-state index in [-0.39, 0.29) is 24.1 Å². The zero-order valence-corrected chi connectivity index (χ0v) is 17.7. The van der Waals surface area contributed by atoms with Gasteiger partial charge in [-0.15, -0.1) is 11.3 Å². The predicted molar refractivity (Wildman–Crippen MR) is 114 cm³/mol. The zero-order chi connectivity index (χ0) is 20.8. The summed E-state index contributed by atoms with van der Waals surface area (Å²) < 4.78 is 0. The molecule has 1 saturated heterocycles. The number of nitrogens with zero attached hydrogens (tertiary/aromatic N) is 2. The average molecular weight is 414 g/mol. The second kappa shape index (κ2) is 9.69. The number of benzene rings is 1. The van der Waals surface area contributed by atoms with Gasteiger partial charge >= 0.3 is 0 Å². The molecule has 0 atom stereocenters. The van der Waals surface area contributed by atoms with Gasteiger partial charge in [0.15, 0.2) is 0 Å². The molecule has 2 heterocycles. The summed E-state index contributed by atoms with van der Waals surface area (Å²) in [6.45, 7) is 6.66. The summed E-state index contributed by atoms with van der Waals surface area (Å²) in [6.07, 6.45) is 0.266. The predicted octanol–water partition coefficient (Wildman–Crippen LogP) is 2.98. The maximum Gasteiger partial charge on any atom is 0.261 e. The van der Waals surface area contributed by atoms with Crippen LogP contribution in [0, 0.1) is 0 Å². The van der Waals surface area contributed by atoms with Crippen LogP contribution < -0.4 is 5.32 Å². The van der Waals surface area contributed by atoms with Crippen LogP contribution in [0.25, 0.3) is 0 Å². The van der Waals surface area contributed by atoms with Gasteiger partial charge in [0.05, 0.1) is 4.88 Å². The monoisotopic (exact) mass is 413 g/mol. The van der Waals surface area contributed by atoms with Crippen molar-refractivity contribution in [2.45, 2.75) is 26.2 Å². The van der Waals surface area contributed by atoms with Crippen molar-refractivity contribution in [2.24, 2.45) is 0 Å². The van der Waals surface area contributed by atoms with E-state index < -0.39 is 0 Å². The van der Waals surface area contributed by atoms with Crippen LogP contribution in [0.15, 0.2) is 41.8 Å². The van der Waals surface area contributed by atoms with Crippen LogP contribution in [-0.4, -0.2) is 60.2 Å². The Bertz CT molecular complexity index is 839. The molecule has 0 bridgehead atoms. The lowest BCUT2D eigenvalue weighted by molar-refractivity contribution is -0.132. The topological polar surface area (TPSA) is 69.7 Å². The number of hydrogen-bond donors (Lipinski definition) is 1. The molecule has 1 fully saturated rings. The highest BCUT2D eigenvalue weighted by Crippen LogP contribution is 2.16. The molecule has 29 heavy (non-hydrogen) atoms. The number of hydrogen-bond acceptors (Lipinski definition) is 4. The van der Waals surface area contributed by atoms with Crippen molar-refractivity contribution in [3.63, 3.8) is 0 Å². The molecule has 0 aliphatic carbocycles. The number of thiophene rings is 1. The third kappa shape index (κ3) is 5.44. The van der Waals surface area contributed by atoms with E-state index in [1.807, 2.05) is 35.7 Å². The number of carbonyl (C=O) groups is 3. The lowest BCUT2D eigenvalue weighted by atomic mass is 10.0. The molecule has 2 aromatic rings. The highest BCUT2D eigenvalue weighted by molar-refractivity contribution is 7.12. The minimum Gasteiger partial charge on any atom is -0.351 e.